The number of aryl methyl sites for hydroxylation is 1. The van der Waals surface area contributed by atoms with E-state index in [4.69, 9.17) is 4.74 Å². The molecule has 200 valence electrons. The van der Waals surface area contributed by atoms with Gasteiger partial charge < -0.3 is 19.8 Å². The average Bonchev–Trinajstić information content (AvgIpc) is 3.46. The quantitative estimate of drug-likeness (QED) is 0.540. The lowest BCUT2D eigenvalue weighted by molar-refractivity contribution is -0.239. The van der Waals surface area contributed by atoms with E-state index in [0.29, 0.717) is 35.7 Å². The van der Waals surface area contributed by atoms with Gasteiger partial charge in [-0.15, -0.1) is 0 Å². The molecule has 1 heterocycles. The van der Waals surface area contributed by atoms with E-state index < -0.39 is 16.6 Å². The van der Waals surface area contributed by atoms with Crippen molar-refractivity contribution < 1.29 is 14.9 Å². The Kier molecular flexibility index (Phi) is 6.39. The van der Waals surface area contributed by atoms with Crippen LogP contribution in [0.15, 0.2) is 24.3 Å². The fraction of sp³-hybridized carbons (Fsp3) is 0.812. The summed E-state index contributed by atoms with van der Waals surface area (Å²) >= 11 is 0. The number of ether oxygens (including phenoxy) is 1. The van der Waals surface area contributed by atoms with E-state index in [-0.39, 0.29) is 0 Å². The molecule has 5 fully saturated rings. The van der Waals surface area contributed by atoms with Crippen molar-refractivity contribution in [2.75, 3.05) is 26.2 Å². The second-order valence-electron chi connectivity index (χ2n) is 13.8. The number of hydrogen-bond acceptors (Lipinski definition) is 4. The summed E-state index contributed by atoms with van der Waals surface area (Å²) in [6, 6.07) is 8.42. The molecule has 6 rings (SSSR count). The molecule has 4 saturated carbocycles. The molecule has 0 amide bonds. The van der Waals surface area contributed by atoms with Crippen LogP contribution < -0.4 is 0 Å². The standard InChI is InChI=1S/C32H49NO3/c1-23-6-8-24(9-7-23)31(34)16-17-32(35)28-11-10-25-22-26(36-21-20-33-18-4-5-19-33)12-14-29(25,2)27(28)13-15-30(31,32)3/h6-9,25-28,34-35H,4-5,10-22H2,1-3H3/t25?,26?,27-,28-,29+,30-,31?,32-/m1/s1. The maximum Gasteiger partial charge on any atom is 0.0978 e. The number of fused-ring (bicyclic) bond motifs is 5. The topological polar surface area (TPSA) is 52.9 Å². The molecule has 0 aromatic heterocycles. The minimum absolute atomic E-state index is 0.291. The summed E-state index contributed by atoms with van der Waals surface area (Å²) in [4.78, 5) is 2.55. The van der Waals surface area contributed by atoms with Crippen LogP contribution in [0.25, 0.3) is 0 Å². The van der Waals surface area contributed by atoms with Crippen LogP contribution in [-0.2, 0) is 10.3 Å². The van der Waals surface area contributed by atoms with Crippen LogP contribution in [0.2, 0.25) is 0 Å². The third kappa shape index (κ3) is 3.68. The van der Waals surface area contributed by atoms with E-state index in [0.717, 1.165) is 44.4 Å². The van der Waals surface area contributed by atoms with E-state index in [1.54, 1.807) is 0 Å². The van der Waals surface area contributed by atoms with Crippen molar-refractivity contribution in [2.24, 2.45) is 28.6 Å². The first-order chi connectivity index (χ1) is 17.2. The smallest absolute Gasteiger partial charge is 0.0978 e. The first kappa shape index (κ1) is 25.3. The van der Waals surface area contributed by atoms with Crippen molar-refractivity contribution in [1.82, 2.24) is 4.90 Å². The molecule has 1 saturated heterocycles. The SMILES string of the molecule is Cc1ccc(C2(O)CC[C@@]3(O)[C@@H]4CCC5CC(OCCN6CCCC6)CC[C@]5(C)[C@@H]4CC[C@]23C)cc1. The lowest BCUT2D eigenvalue weighted by Crippen LogP contribution is -2.64. The number of aliphatic hydroxyl groups is 2. The maximum absolute atomic E-state index is 12.5. The Morgan fingerprint density at radius 1 is 0.889 bits per heavy atom. The van der Waals surface area contributed by atoms with E-state index in [1.807, 2.05) is 0 Å². The molecule has 8 atom stereocenters. The summed E-state index contributed by atoms with van der Waals surface area (Å²) in [7, 11) is 0. The third-order valence-corrected chi connectivity index (χ3v) is 12.4. The minimum Gasteiger partial charge on any atom is -0.389 e. The van der Waals surface area contributed by atoms with E-state index in [1.165, 1.54) is 57.2 Å². The Balaban J connectivity index is 1.17. The molecule has 0 bridgehead atoms. The molecule has 1 aromatic carbocycles. The van der Waals surface area contributed by atoms with Gasteiger partial charge in [0.25, 0.3) is 0 Å². The van der Waals surface area contributed by atoms with Gasteiger partial charge in [0.15, 0.2) is 0 Å². The summed E-state index contributed by atoms with van der Waals surface area (Å²) in [5, 5.41) is 24.7. The molecule has 3 unspecified atom stereocenters. The Bertz CT molecular complexity index is 943. The predicted octanol–water partition coefficient (Wildman–Crippen LogP) is 5.82. The van der Waals surface area contributed by atoms with Crippen LogP contribution in [-0.4, -0.2) is 53.1 Å². The van der Waals surface area contributed by atoms with Crippen LogP contribution in [0.3, 0.4) is 0 Å². The Labute approximate surface area is 218 Å². The summed E-state index contributed by atoms with van der Waals surface area (Å²) < 4.78 is 6.44. The van der Waals surface area contributed by atoms with E-state index in [2.05, 4.69) is 49.9 Å². The largest absolute Gasteiger partial charge is 0.389 e. The van der Waals surface area contributed by atoms with Crippen LogP contribution >= 0.6 is 0 Å². The van der Waals surface area contributed by atoms with Gasteiger partial charge in [-0.25, -0.2) is 0 Å². The Hall–Kier alpha value is -0.940. The number of rotatable bonds is 5. The van der Waals surface area contributed by atoms with Crippen LogP contribution in [0, 0.1) is 35.5 Å². The monoisotopic (exact) mass is 495 g/mol. The highest BCUT2D eigenvalue weighted by Gasteiger charge is 2.72. The Morgan fingerprint density at radius 3 is 2.39 bits per heavy atom. The molecule has 0 radical (unpaired) electrons. The number of nitrogens with zero attached hydrogens (tertiary/aromatic N) is 1. The number of likely N-dealkylation sites (tertiary alicyclic amines) is 1. The zero-order valence-electron chi connectivity index (χ0n) is 23.0. The first-order valence-electron chi connectivity index (χ1n) is 15.1. The van der Waals surface area contributed by atoms with Crippen LogP contribution in [0.1, 0.15) is 95.6 Å². The van der Waals surface area contributed by atoms with Crippen molar-refractivity contribution in [1.29, 1.82) is 0 Å². The van der Waals surface area contributed by atoms with Crippen molar-refractivity contribution >= 4 is 0 Å². The normalized spacial score (nSPS) is 46.8. The highest BCUT2D eigenvalue weighted by Crippen LogP contribution is 2.71. The van der Waals surface area contributed by atoms with Gasteiger partial charge in [-0.3, -0.25) is 0 Å². The van der Waals surface area contributed by atoms with Gasteiger partial charge in [-0.2, -0.15) is 0 Å². The predicted molar refractivity (Wildman–Crippen MR) is 144 cm³/mol. The van der Waals surface area contributed by atoms with Crippen molar-refractivity contribution in [3.63, 3.8) is 0 Å². The van der Waals surface area contributed by atoms with Crippen molar-refractivity contribution in [3.05, 3.63) is 35.4 Å². The molecule has 36 heavy (non-hydrogen) atoms. The summed E-state index contributed by atoms with van der Waals surface area (Å²) in [6.07, 6.45) is 12.4. The molecule has 1 aliphatic heterocycles. The van der Waals surface area contributed by atoms with Gasteiger partial charge in [-0.1, -0.05) is 43.7 Å². The average molecular weight is 496 g/mol. The zero-order valence-corrected chi connectivity index (χ0v) is 23.0. The lowest BCUT2D eigenvalue weighted by Gasteiger charge is -2.64. The van der Waals surface area contributed by atoms with Crippen molar-refractivity contribution in [3.8, 4) is 0 Å². The van der Waals surface area contributed by atoms with Crippen LogP contribution in [0.5, 0.6) is 0 Å². The number of hydrogen-bond donors (Lipinski definition) is 2. The molecule has 2 N–H and O–H groups in total. The molecule has 1 aromatic rings. The fourth-order valence-electron chi connectivity index (χ4n) is 10.0. The summed E-state index contributed by atoms with van der Waals surface area (Å²) in [5.41, 5.74) is 0.281. The highest BCUT2D eigenvalue weighted by atomic mass is 16.5. The second-order valence-corrected chi connectivity index (χ2v) is 13.8. The minimum atomic E-state index is -0.945. The van der Waals surface area contributed by atoms with Gasteiger partial charge in [-0.05, 0) is 119 Å². The van der Waals surface area contributed by atoms with Gasteiger partial charge in [0.05, 0.1) is 23.9 Å². The number of benzene rings is 1. The zero-order chi connectivity index (χ0) is 25.2. The molecule has 4 heteroatoms. The molecule has 5 aliphatic rings. The summed E-state index contributed by atoms with van der Waals surface area (Å²) in [5.74, 6) is 1.56. The van der Waals surface area contributed by atoms with E-state index in [9.17, 15) is 10.2 Å². The van der Waals surface area contributed by atoms with Gasteiger partial charge >= 0.3 is 0 Å². The Morgan fingerprint density at radius 2 is 1.64 bits per heavy atom. The molecular weight excluding hydrogens is 446 g/mol. The molecular formula is C32H49NO3. The maximum atomic E-state index is 12.5. The second kappa shape index (κ2) is 9.07. The fourth-order valence-corrected chi connectivity index (χ4v) is 10.0. The van der Waals surface area contributed by atoms with Gasteiger partial charge in [0, 0.05) is 12.0 Å². The van der Waals surface area contributed by atoms with Gasteiger partial charge in [0.1, 0.15) is 0 Å². The highest BCUT2D eigenvalue weighted by molar-refractivity contribution is 5.34. The molecule has 4 nitrogen and oxygen atoms in total. The molecule has 4 aliphatic carbocycles. The van der Waals surface area contributed by atoms with E-state index >= 15 is 0 Å². The lowest BCUT2D eigenvalue weighted by atomic mass is 9.43. The summed E-state index contributed by atoms with van der Waals surface area (Å²) in [6.45, 7) is 11.3. The van der Waals surface area contributed by atoms with Gasteiger partial charge in [0.2, 0.25) is 0 Å². The first-order valence-corrected chi connectivity index (χ1v) is 15.1. The van der Waals surface area contributed by atoms with Crippen LogP contribution in [0.4, 0.5) is 0 Å². The third-order valence-electron chi connectivity index (χ3n) is 12.4. The van der Waals surface area contributed by atoms with Crippen molar-refractivity contribution in [2.45, 2.75) is 109 Å². The molecule has 0 spiro atoms.